The molecule has 3 heteroatoms. The summed E-state index contributed by atoms with van der Waals surface area (Å²) in [5, 5.41) is 0. The third-order valence-corrected chi connectivity index (χ3v) is 3.64. The molecule has 1 heterocycles. The number of ketones is 1. The molecule has 1 fully saturated rings. The lowest BCUT2D eigenvalue weighted by Gasteiger charge is -2.26. The van der Waals surface area contributed by atoms with Crippen molar-refractivity contribution in [3.05, 3.63) is 28.5 Å². The summed E-state index contributed by atoms with van der Waals surface area (Å²) < 4.78 is 1.02. The Kier molecular flexibility index (Phi) is 3.19. The fourth-order valence-corrected chi connectivity index (χ4v) is 2.93. The maximum Gasteiger partial charge on any atom is 0.133 e. The van der Waals surface area contributed by atoms with Crippen molar-refractivity contribution in [3.63, 3.8) is 0 Å². The van der Waals surface area contributed by atoms with E-state index in [1.54, 1.807) is 12.4 Å². The van der Waals surface area contributed by atoms with Gasteiger partial charge in [0.2, 0.25) is 0 Å². The molecule has 0 bridgehead atoms. The summed E-state index contributed by atoms with van der Waals surface area (Å²) in [5.41, 5.74) is 1.23. The van der Waals surface area contributed by atoms with Crippen molar-refractivity contribution in [2.75, 3.05) is 0 Å². The summed E-state index contributed by atoms with van der Waals surface area (Å²) in [5.74, 6) is 1.28. The van der Waals surface area contributed by atoms with Gasteiger partial charge in [0.1, 0.15) is 5.78 Å². The van der Waals surface area contributed by atoms with Crippen LogP contribution in [0, 0.1) is 5.92 Å². The molecule has 0 amide bonds. The molecular weight excluding hydrogens is 254 g/mol. The molecule has 15 heavy (non-hydrogen) atoms. The van der Waals surface area contributed by atoms with Crippen LogP contribution in [0.2, 0.25) is 0 Å². The van der Waals surface area contributed by atoms with E-state index >= 15 is 0 Å². The summed E-state index contributed by atoms with van der Waals surface area (Å²) >= 11 is 3.50. The number of rotatable bonds is 1. The third-order valence-electron chi connectivity index (χ3n) is 2.98. The number of carbonyl (C=O) groups is 1. The topological polar surface area (TPSA) is 30.0 Å². The molecule has 1 aromatic rings. The van der Waals surface area contributed by atoms with Crippen molar-refractivity contribution in [2.45, 2.75) is 32.1 Å². The highest BCUT2D eigenvalue weighted by molar-refractivity contribution is 9.10. The van der Waals surface area contributed by atoms with Crippen LogP contribution in [0.1, 0.15) is 37.7 Å². The average molecular weight is 268 g/mol. The molecule has 1 unspecified atom stereocenters. The van der Waals surface area contributed by atoms with E-state index in [0.29, 0.717) is 24.0 Å². The van der Waals surface area contributed by atoms with E-state index in [1.807, 2.05) is 6.07 Å². The van der Waals surface area contributed by atoms with Gasteiger partial charge in [-0.2, -0.15) is 0 Å². The second-order valence-electron chi connectivity index (χ2n) is 4.38. The highest BCUT2D eigenvalue weighted by Gasteiger charge is 2.26. The molecule has 0 saturated heterocycles. The van der Waals surface area contributed by atoms with Crippen molar-refractivity contribution >= 4 is 21.7 Å². The zero-order chi connectivity index (χ0) is 10.8. The molecule has 0 aliphatic heterocycles. The van der Waals surface area contributed by atoms with Crippen LogP contribution in [-0.4, -0.2) is 10.8 Å². The number of nitrogens with zero attached hydrogens (tertiary/aromatic N) is 1. The van der Waals surface area contributed by atoms with E-state index < -0.39 is 0 Å². The number of hydrogen-bond acceptors (Lipinski definition) is 2. The standard InChI is InChI=1S/C12H14BrNO/c1-8-4-9(6-10(15)5-8)11-2-3-14-7-12(11)13/h2-3,7-9H,4-6H2,1H3/t8-,9?/m0/s1. The maximum absolute atomic E-state index is 11.5. The molecule has 0 N–H and O–H groups in total. The Morgan fingerprint density at radius 3 is 2.93 bits per heavy atom. The Labute approximate surface area is 98.2 Å². The number of halogens is 1. The second kappa shape index (κ2) is 4.44. The van der Waals surface area contributed by atoms with Gasteiger partial charge in [-0.3, -0.25) is 9.78 Å². The van der Waals surface area contributed by atoms with E-state index in [2.05, 4.69) is 27.8 Å². The van der Waals surface area contributed by atoms with Gasteiger partial charge in [0, 0.05) is 29.7 Å². The van der Waals surface area contributed by atoms with Gasteiger partial charge in [-0.05, 0) is 45.8 Å². The monoisotopic (exact) mass is 267 g/mol. The van der Waals surface area contributed by atoms with E-state index in [0.717, 1.165) is 17.3 Å². The van der Waals surface area contributed by atoms with Crippen LogP contribution < -0.4 is 0 Å². The Balaban J connectivity index is 2.23. The molecule has 0 radical (unpaired) electrons. The van der Waals surface area contributed by atoms with Crippen LogP contribution in [0.25, 0.3) is 0 Å². The minimum absolute atomic E-state index is 0.374. The molecule has 2 rings (SSSR count). The molecule has 1 aliphatic carbocycles. The summed E-state index contributed by atoms with van der Waals surface area (Å²) in [6.45, 7) is 2.15. The molecule has 80 valence electrons. The van der Waals surface area contributed by atoms with Crippen molar-refractivity contribution in [1.29, 1.82) is 0 Å². The van der Waals surface area contributed by atoms with Crippen molar-refractivity contribution in [3.8, 4) is 0 Å². The van der Waals surface area contributed by atoms with Gasteiger partial charge in [0.05, 0.1) is 0 Å². The summed E-state index contributed by atoms with van der Waals surface area (Å²) in [6.07, 6.45) is 6.14. The van der Waals surface area contributed by atoms with Gasteiger partial charge in [-0.15, -0.1) is 0 Å². The molecule has 2 nitrogen and oxygen atoms in total. The maximum atomic E-state index is 11.5. The van der Waals surface area contributed by atoms with Crippen LogP contribution in [0.15, 0.2) is 22.9 Å². The lowest BCUT2D eigenvalue weighted by Crippen LogP contribution is -2.20. The van der Waals surface area contributed by atoms with E-state index in [-0.39, 0.29) is 0 Å². The first kappa shape index (κ1) is 10.8. The average Bonchev–Trinajstić information content (AvgIpc) is 2.16. The largest absolute Gasteiger partial charge is 0.300 e. The number of Topliss-reactive ketones (excluding diaryl/α,β-unsaturated/α-hetero) is 1. The highest BCUT2D eigenvalue weighted by atomic mass is 79.9. The van der Waals surface area contributed by atoms with E-state index in [9.17, 15) is 4.79 Å². The first-order valence-corrected chi connectivity index (χ1v) is 6.07. The Hall–Kier alpha value is -0.700. The van der Waals surface area contributed by atoms with Crippen LogP contribution in [0.4, 0.5) is 0 Å². The lowest BCUT2D eigenvalue weighted by molar-refractivity contribution is -0.121. The number of pyridine rings is 1. The molecule has 2 atom stereocenters. The van der Waals surface area contributed by atoms with Crippen LogP contribution in [0.3, 0.4) is 0 Å². The van der Waals surface area contributed by atoms with E-state index in [4.69, 9.17) is 0 Å². The van der Waals surface area contributed by atoms with Gasteiger partial charge in [-0.1, -0.05) is 6.92 Å². The third kappa shape index (κ3) is 2.46. The van der Waals surface area contributed by atoms with Gasteiger partial charge in [0.15, 0.2) is 0 Å². The SMILES string of the molecule is C[C@@H]1CC(=O)CC(c2ccncc2Br)C1. The zero-order valence-electron chi connectivity index (χ0n) is 8.74. The van der Waals surface area contributed by atoms with Gasteiger partial charge in [-0.25, -0.2) is 0 Å². The minimum Gasteiger partial charge on any atom is -0.300 e. The normalized spacial score (nSPS) is 26.7. The smallest absolute Gasteiger partial charge is 0.133 e. The van der Waals surface area contributed by atoms with Gasteiger partial charge >= 0.3 is 0 Å². The van der Waals surface area contributed by atoms with Crippen molar-refractivity contribution in [1.82, 2.24) is 4.98 Å². The molecule has 1 saturated carbocycles. The summed E-state index contributed by atoms with van der Waals surface area (Å²) in [6, 6.07) is 2.01. The molecule has 0 aromatic carbocycles. The second-order valence-corrected chi connectivity index (χ2v) is 5.24. The van der Waals surface area contributed by atoms with Crippen LogP contribution in [-0.2, 0) is 4.79 Å². The fraction of sp³-hybridized carbons (Fsp3) is 0.500. The van der Waals surface area contributed by atoms with Gasteiger partial charge < -0.3 is 0 Å². The van der Waals surface area contributed by atoms with Crippen molar-refractivity contribution in [2.24, 2.45) is 5.92 Å². The highest BCUT2D eigenvalue weighted by Crippen LogP contribution is 2.36. The summed E-state index contributed by atoms with van der Waals surface area (Å²) in [4.78, 5) is 15.6. The zero-order valence-corrected chi connectivity index (χ0v) is 10.3. The Morgan fingerprint density at radius 1 is 1.47 bits per heavy atom. The fourth-order valence-electron chi connectivity index (χ4n) is 2.35. The predicted octanol–water partition coefficient (Wildman–Crippen LogP) is 3.32. The first-order valence-electron chi connectivity index (χ1n) is 5.28. The number of hydrogen-bond donors (Lipinski definition) is 0. The minimum atomic E-state index is 0.374. The quantitative estimate of drug-likeness (QED) is 0.782. The van der Waals surface area contributed by atoms with Crippen LogP contribution in [0.5, 0.6) is 0 Å². The molecular formula is C12H14BrNO. The molecule has 1 aliphatic rings. The predicted molar refractivity (Wildman–Crippen MR) is 62.7 cm³/mol. The number of aromatic nitrogens is 1. The summed E-state index contributed by atoms with van der Waals surface area (Å²) in [7, 11) is 0. The van der Waals surface area contributed by atoms with Crippen LogP contribution >= 0.6 is 15.9 Å². The van der Waals surface area contributed by atoms with Gasteiger partial charge in [0.25, 0.3) is 0 Å². The Morgan fingerprint density at radius 2 is 2.27 bits per heavy atom. The van der Waals surface area contributed by atoms with Crippen molar-refractivity contribution < 1.29 is 4.79 Å². The van der Waals surface area contributed by atoms with E-state index in [1.165, 1.54) is 5.56 Å². The lowest BCUT2D eigenvalue weighted by atomic mass is 9.78. The first-order chi connectivity index (χ1) is 7.16. The Bertz CT molecular complexity index is 378. The molecule has 1 aromatic heterocycles. The molecule has 0 spiro atoms. The number of carbonyl (C=O) groups excluding carboxylic acids is 1.